The summed E-state index contributed by atoms with van der Waals surface area (Å²) in [6.45, 7) is 12.4. The third-order valence-electron chi connectivity index (χ3n) is 5.01. The van der Waals surface area contributed by atoms with E-state index in [2.05, 4.69) is 27.7 Å². The average molecular weight is 409 g/mol. The lowest BCUT2D eigenvalue weighted by molar-refractivity contribution is 0.0212. The molecule has 0 spiro atoms. The third kappa shape index (κ3) is 8.97. The van der Waals surface area contributed by atoms with Crippen molar-refractivity contribution in [3.05, 3.63) is 35.1 Å². The van der Waals surface area contributed by atoms with Crippen molar-refractivity contribution < 1.29 is 23.5 Å². The molecule has 4 nitrogen and oxygen atoms in total. The van der Waals surface area contributed by atoms with Gasteiger partial charge in [0.15, 0.2) is 0 Å². The summed E-state index contributed by atoms with van der Waals surface area (Å²) < 4.78 is 25.0. The second-order valence-corrected chi connectivity index (χ2v) is 8.50. The van der Waals surface area contributed by atoms with Crippen molar-refractivity contribution in [2.24, 2.45) is 11.8 Å². The highest BCUT2D eigenvalue weighted by molar-refractivity contribution is 6.03. The van der Waals surface area contributed by atoms with E-state index in [1.165, 1.54) is 12.1 Å². The van der Waals surface area contributed by atoms with Gasteiger partial charge in [0.25, 0.3) is 0 Å². The minimum absolute atomic E-state index is 0.0538. The zero-order chi connectivity index (χ0) is 22.0. The predicted molar refractivity (Wildman–Crippen MR) is 114 cm³/mol. The van der Waals surface area contributed by atoms with Crippen LogP contribution >= 0.6 is 0 Å². The van der Waals surface area contributed by atoms with Gasteiger partial charge >= 0.3 is 11.9 Å². The lowest BCUT2D eigenvalue weighted by atomic mass is 10.0. The Morgan fingerprint density at radius 1 is 0.793 bits per heavy atom. The highest BCUT2D eigenvalue weighted by Gasteiger charge is 2.24. The van der Waals surface area contributed by atoms with Crippen LogP contribution in [0.4, 0.5) is 4.39 Å². The molecule has 164 valence electrons. The molecule has 0 fully saturated rings. The third-order valence-corrected chi connectivity index (χ3v) is 5.01. The van der Waals surface area contributed by atoms with E-state index in [-0.39, 0.29) is 23.3 Å². The summed E-state index contributed by atoms with van der Waals surface area (Å²) in [5, 5.41) is 0. The molecule has 1 aromatic rings. The number of rotatable bonds is 12. The van der Waals surface area contributed by atoms with Crippen molar-refractivity contribution >= 4 is 11.9 Å². The highest BCUT2D eigenvalue weighted by atomic mass is 19.1. The number of carbonyl (C=O) groups excluding carboxylic acids is 2. The number of esters is 2. The maximum absolute atomic E-state index is 13.8. The molecule has 2 atom stereocenters. The molecule has 0 N–H and O–H groups in total. The summed E-state index contributed by atoms with van der Waals surface area (Å²) in [6, 6.07) is 3.53. The number of hydrogen-bond acceptors (Lipinski definition) is 4. The molecule has 29 heavy (non-hydrogen) atoms. The Bertz CT molecular complexity index is 654. The molecule has 0 aliphatic heterocycles. The van der Waals surface area contributed by atoms with Crippen LogP contribution in [0.3, 0.4) is 0 Å². The fourth-order valence-electron chi connectivity index (χ4n) is 3.02. The number of carbonyl (C=O) groups is 2. The lowest BCUT2D eigenvalue weighted by Gasteiger charge is -2.20. The number of halogens is 1. The van der Waals surface area contributed by atoms with E-state index >= 15 is 0 Å². The van der Waals surface area contributed by atoms with E-state index in [9.17, 15) is 14.0 Å². The van der Waals surface area contributed by atoms with Crippen LogP contribution in [0, 0.1) is 17.7 Å². The van der Waals surface area contributed by atoms with Crippen molar-refractivity contribution in [1.82, 2.24) is 0 Å². The normalized spacial score (nSPS) is 13.4. The van der Waals surface area contributed by atoms with Gasteiger partial charge in [-0.1, -0.05) is 41.5 Å². The van der Waals surface area contributed by atoms with Gasteiger partial charge < -0.3 is 9.47 Å². The van der Waals surface area contributed by atoms with Gasteiger partial charge in [-0.15, -0.1) is 0 Å². The van der Waals surface area contributed by atoms with Crippen molar-refractivity contribution in [3.63, 3.8) is 0 Å². The number of hydrogen-bond donors (Lipinski definition) is 0. The molecule has 0 aromatic heterocycles. The molecule has 0 bridgehead atoms. The Kier molecular flexibility index (Phi) is 10.9. The van der Waals surface area contributed by atoms with Crippen molar-refractivity contribution in [2.45, 2.75) is 92.3 Å². The first-order chi connectivity index (χ1) is 13.7. The van der Waals surface area contributed by atoms with Crippen LogP contribution in [-0.4, -0.2) is 24.1 Å². The second-order valence-electron chi connectivity index (χ2n) is 8.50. The Morgan fingerprint density at radius 2 is 1.24 bits per heavy atom. The summed E-state index contributed by atoms with van der Waals surface area (Å²) in [7, 11) is 0. The van der Waals surface area contributed by atoms with Crippen molar-refractivity contribution in [1.29, 1.82) is 0 Å². The van der Waals surface area contributed by atoms with Crippen LogP contribution < -0.4 is 0 Å². The zero-order valence-electron chi connectivity index (χ0n) is 18.8. The predicted octanol–water partition coefficient (Wildman–Crippen LogP) is 6.57. The van der Waals surface area contributed by atoms with Gasteiger partial charge in [-0.2, -0.15) is 0 Å². The standard InChI is InChI=1S/C24H37FO4/c1-7-19(12-9-16(3)4)28-23(26)21-14-11-18(25)15-22(21)24(27)29-20(8-2)13-10-17(5)6/h11,14-17,19-20H,7-10,12-13H2,1-6H3. The molecule has 0 heterocycles. The van der Waals surface area contributed by atoms with Crippen molar-refractivity contribution in [3.8, 4) is 0 Å². The number of ether oxygens (including phenoxy) is 2. The van der Waals surface area contributed by atoms with Crippen LogP contribution in [0.15, 0.2) is 18.2 Å². The van der Waals surface area contributed by atoms with Gasteiger partial charge in [0, 0.05) is 0 Å². The molecule has 0 saturated carbocycles. The van der Waals surface area contributed by atoms with E-state index < -0.39 is 17.8 Å². The molecular weight excluding hydrogens is 371 g/mol. The first-order valence-electron chi connectivity index (χ1n) is 10.9. The van der Waals surface area contributed by atoms with Gasteiger partial charge in [0.05, 0.1) is 11.1 Å². The maximum Gasteiger partial charge on any atom is 0.339 e. The second kappa shape index (κ2) is 12.6. The average Bonchev–Trinajstić information content (AvgIpc) is 2.67. The monoisotopic (exact) mass is 408 g/mol. The fourth-order valence-corrected chi connectivity index (χ4v) is 3.02. The zero-order valence-corrected chi connectivity index (χ0v) is 18.8. The van der Waals surface area contributed by atoms with Gasteiger partial charge in [0.1, 0.15) is 18.0 Å². The Labute approximate surface area is 175 Å². The molecule has 1 rings (SSSR count). The summed E-state index contributed by atoms with van der Waals surface area (Å²) in [6.07, 6.45) is 4.24. The SMILES string of the molecule is CCC(CCC(C)C)OC(=O)c1ccc(F)cc1C(=O)OC(CC)CCC(C)C. The van der Waals surface area contributed by atoms with Crippen LogP contribution in [0.25, 0.3) is 0 Å². The van der Waals surface area contributed by atoms with Crippen LogP contribution in [-0.2, 0) is 9.47 Å². The minimum atomic E-state index is -0.678. The molecular formula is C24H37FO4. The van der Waals surface area contributed by atoms with Gasteiger partial charge in [0.2, 0.25) is 0 Å². The summed E-state index contributed by atoms with van der Waals surface area (Å²) in [5.74, 6) is -0.865. The molecule has 1 aromatic carbocycles. The largest absolute Gasteiger partial charge is 0.459 e. The fraction of sp³-hybridized carbons (Fsp3) is 0.667. The van der Waals surface area contributed by atoms with Gasteiger partial charge in [-0.05, 0) is 68.6 Å². The summed E-state index contributed by atoms with van der Waals surface area (Å²) >= 11 is 0. The van der Waals surface area contributed by atoms with Gasteiger partial charge in [-0.25, -0.2) is 14.0 Å². The Morgan fingerprint density at radius 3 is 1.66 bits per heavy atom. The minimum Gasteiger partial charge on any atom is -0.459 e. The van der Waals surface area contributed by atoms with Crippen LogP contribution in [0.5, 0.6) is 0 Å². The molecule has 0 saturated heterocycles. The maximum atomic E-state index is 13.8. The molecule has 0 radical (unpaired) electrons. The first-order valence-corrected chi connectivity index (χ1v) is 10.9. The van der Waals surface area contributed by atoms with E-state index in [4.69, 9.17) is 9.47 Å². The van der Waals surface area contributed by atoms with Gasteiger partial charge in [-0.3, -0.25) is 0 Å². The quantitative estimate of drug-likeness (QED) is 0.367. The molecule has 0 amide bonds. The Balaban J connectivity index is 2.94. The van der Waals surface area contributed by atoms with Crippen LogP contribution in [0.2, 0.25) is 0 Å². The van der Waals surface area contributed by atoms with E-state index in [0.29, 0.717) is 24.7 Å². The summed E-state index contributed by atoms with van der Waals surface area (Å²) in [4.78, 5) is 25.4. The smallest absolute Gasteiger partial charge is 0.339 e. The van der Waals surface area contributed by atoms with E-state index in [0.717, 1.165) is 31.7 Å². The molecule has 5 heteroatoms. The highest BCUT2D eigenvalue weighted by Crippen LogP contribution is 2.20. The number of benzene rings is 1. The molecule has 0 aliphatic rings. The van der Waals surface area contributed by atoms with E-state index in [1.54, 1.807) is 0 Å². The first kappa shape index (κ1) is 25.1. The van der Waals surface area contributed by atoms with Crippen molar-refractivity contribution in [2.75, 3.05) is 0 Å². The van der Waals surface area contributed by atoms with Crippen LogP contribution in [0.1, 0.15) is 101 Å². The molecule has 2 unspecified atom stereocenters. The molecule has 0 aliphatic carbocycles. The topological polar surface area (TPSA) is 52.6 Å². The lowest BCUT2D eigenvalue weighted by Crippen LogP contribution is -2.23. The Hall–Kier alpha value is -1.91. The van der Waals surface area contributed by atoms with E-state index in [1.807, 2.05) is 13.8 Å². The summed E-state index contributed by atoms with van der Waals surface area (Å²) in [5.41, 5.74) is -0.0187.